The van der Waals surface area contributed by atoms with Gasteiger partial charge in [0.2, 0.25) is 0 Å². The first-order valence-electron chi connectivity index (χ1n) is 11.5. The van der Waals surface area contributed by atoms with Crippen molar-refractivity contribution in [3.63, 3.8) is 0 Å². The van der Waals surface area contributed by atoms with Crippen LogP contribution in [0.15, 0.2) is 18.2 Å². The highest BCUT2D eigenvalue weighted by Gasteiger charge is 2.17. The van der Waals surface area contributed by atoms with Gasteiger partial charge in [0, 0.05) is 5.56 Å². The molecular formula is C25H44N+. The highest BCUT2D eigenvalue weighted by molar-refractivity contribution is 5.33. The summed E-state index contributed by atoms with van der Waals surface area (Å²) < 4.78 is 1.13. The molecule has 26 heavy (non-hydrogen) atoms. The Labute approximate surface area is 163 Å². The summed E-state index contributed by atoms with van der Waals surface area (Å²) in [6, 6.07) is 7.31. The predicted octanol–water partition coefficient (Wildman–Crippen LogP) is 7.06. The van der Waals surface area contributed by atoms with E-state index in [4.69, 9.17) is 0 Å². The zero-order chi connectivity index (χ0) is 18.7. The maximum atomic E-state index is 2.51. The van der Waals surface area contributed by atoms with Crippen molar-refractivity contribution in [3.8, 4) is 0 Å². The molecule has 0 unspecified atom stereocenters. The van der Waals surface area contributed by atoms with Gasteiger partial charge in [0.25, 0.3) is 0 Å². The summed E-state index contributed by atoms with van der Waals surface area (Å²) in [6.45, 7) is 4.80. The highest BCUT2D eigenvalue weighted by atomic mass is 15.3. The quantitative estimate of drug-likeness (QED) is 0.261. The molecule has 0 saturated carbocycles. The van der Waals surface area contributed by atoms with Crippen LogP contribution in [0.25, 0.3) is 0 Å². The van der Waals surface area contributed by atoms with Crippen LogP contribution in [0.5, 0.6) is 0 Å². The molecule has 0 saturated heterocycles. The van der Waals surface area contributed by atoms with Gasteiger partial charge in [0.1, 0.15) is 6.54 Å². The lowest BCUT2D eigenvalue weighted by molar-refractivity contribution is -0.903. The molecule has 0 radical (unpaired) electrons. The zero-order valence-corrected chi connectivity index (χ0v) is 18.0. The maximum absolute atomic E-state index is 2.51. The molecule has 0 amide bonds. The molecule has 148 valence electrons. The molecular weight excluding hydrogens is 314 g/mol. The Morgan fingerprint density at radius 2 is 1.31 bits per heavy atom. The predicted molar refractivity (Wildman–Crippen MR) is 116 cm³/mol. The van der Waals surface area contributed by atoms with Gasteiger partial charge in [0.15, 0.2) is 0 Å². The van der Waals surface area contributed by atoms with Gasteiger partial charge in [-0.2, -0.15) is 0 Å². The van der Waals surface area contributed by atoms with E-state index < -0.39 is 0 Å². The zero-order valence-electron chi connectivity index (χ0n) is 18.0. The summed E-state index contributed by atoms with van der Waals surface area (Å²) in [5.41, 5.74) is 4.79. The number of fused-ring (bicyclic) bond motifs is 1. The molecule has 0 atom stereocenters. The summed E-state index contributed by atoms with van der Waals surface area (Å²) in [6.07, 6.45) is 19.7. The highest BCUT2D eigenvalue weighted by Crippen LogP contribution is 2.23. The molecule has 1 aliphatic rings. The van der Waals surface area contributed by atoms with Gasteiger partial charge >= 0.3 is 0 Å². The molecule has 0 heterocycles. The molecule has 2 rings (SSSR count). The second-order valence-electron chi connectivity index (χ2n) is 9.31. The summed E-state index contributed by atoms with van der Waals surface area (Å²) in [5.74, 6) is 0. The second kappa shape index (κ2) is 11.8. The summed E-state index contributed by atoms with van der Waals surface area (Å²) in [4.78, 5) is 0. The third-order valence-corrected chi connectivity index (χ3v) is 6.14. The van der Waals surface area contributed by atoms with Crippen LogP contribution in [0.3, 0.4) is 0 Å². The number of nitrogens with zero attached hydrogens (tertiary/aromatic N) is 1. The number of hydrogen-bond acceptors (Lipinski definition) is 0. The van der Waals surface area contributed by atoms with Crippen molar-refractivity contribution < 1.29 is 4.48 Å². The normalized spacial score (nSPS) is 14.4. The van der Waals surface area contributed by atoms with Gasteiger partial charge in [-0.1, -0.05) is 70.4 Å². The monoisotopic (exact) mass is 358 g/mol. The molecule has 0 bridgehead atoms. The Morgan fingerprint density at radius 3 is 1.96 bits per heavy atom. The van der Waals surface area contributed by atoms with Crippen molar-refractivity contribution in [1.82, 2.24) is 0 Å². The summed E-state index contributed by atoms with van der Waals surface area (Å²) >= 11 is 0. The van der Waals surface area contributed by atoms with Crippen molar-refractivity contribution in [2.45, 2.75) is 103 Å². The van der Waals surface area contributed by atoms with Crippen LogP contribution in [0, 0.1) is 0 Å². The van der Waals surface area contributed by atoms with Crippen LogP contribution in [0.4, 0.5) is 0 Å². The fraction of sp³-hybridized carbons (Fsp3) is 0.760. The Bertz CT molecular complexity index is 503. The number of rotatable bonds is 13. The first kappa shape index (κ1) is 21.5. The second-order valence-corrected chi connectivity index (χ2v) is 9.31. The van der Waals surface area contributed by atoms with Gasteiger partial charge in [-0.05, 0) is 55.7 Å². The topological polar surface area (TPSA) is 0 Å². The number of unbranched alkanes of at least 4 members (excludes halogenated alkanes) is 9. The van der Waals surface area contributed by atoms with E-state index in [0.29, 0.717) is 0 Å². The minimum Gasteiger partial charge on any atom is -0.325 e. The first-order valence-corrected chi connectivity index (χ1v) is 11.5. The van der Waals surface area contributed by atoms with Crippen LogP contribution in [-0.4, -0.2) is 25.1 Å². The molecule has 1 nitrogen and oxygen atoms in total. The Balaban J connectivity index is 1.58. The van der Waals surface area contributed by atoms with Crippen molar-refractivity contribution in [1.29, 1.82) is 0 Å². The van der Waals surface area contributed by atoms with Crippen LogP contribution >= 0.6 is 0 Å². The average Bonchev–Trinajstić information content (AvgIpc) is 2.63. The van der Waals surface area contributed by atoms with E-state index >= 15 is 0 Å². The van der Waals surface area contributed by atoms with Gasteiger partial charge in [-0.15, -0.1) is 0 Å². The third kappa shape index (κ3) is 8.25. The van der Waals surface area contributed by atoms with Crippen LogP contribution in [-0.2, 0) is 19.4 Å². The van der Waals surface area contributed by atoms with E-state index in [9.17, 15) is 0 Å². The Kier molecular flexibility index (Phi) is 9.75. The van der Waals surface area contributed by atoms with E-state index in [0.717, 1.165) is 4.48 Å². The molecule has 0 N–H and O–H groups in total. The maximum Gasteiger partial charge on any atom is 0.104 e. The van der Waals surface area contributed by atoms with E-state index in [1.165, 1.54) is 103 Å². The first-order chi connectivity index (χ1) is 12.6. The number of hydrogen-bond donors (Lipinski definition) is 0. The molecule has 1 heteroatoms. The molecule has 1 aromatic carbocycles. The molecule has 1 aliphatic carbocycles. The van der Waals surface area contributed by atoms with Gasteiger partial charge < -0.3 is 4.48 Å². The van der Waals surface area contributed by atoms with Gasteiger partial charge in [-0.3, -0.25) is 0 Å². The summed E-state index contributed by atoms with van der Waals surface area (Å²) in [5, 5.41) is 0. The Morgan fingerprint density at radius 1 is 0.731 bits per heavy atom. The third-order valence-electron chi connectivity index (χ3n) is 6.14. The van der Waals surface area contributed by atoms with E-state index in [1.54, 1.807) is 16.7 Å². The smallest absolute Gasteiger partial charge is 0.104 e. The number of quaternary nitrogens is 1. The van der Waals surface area contributed by atoms with E-state index in [-0.39, 0.29) is 0 Å². The minimum atomic E-state index is 1.13. The number of benzene rings is 1. The largest absolute Gasteiger partial charge is 0.325 e. The molecule has 0 aliphatic heterocycles. The lowest BCUT2D eigenvalue weighted by Gasteiger charge is -2.30. The Hall–Kier alpha value is -0.820. The van der Waals surface area contributed by atoms with Crippen molar-refractivity contribution >= 4 is 0 Å². The van der Waals surface area contributed by atoms with Crippen molar-refractivity contribution in [2.24, 2.45) is 0 Å². The molecule has 0 aromatic heterocycles. The molecule has 0 fully saturated rings. The van der Waals surface area contributed by atoms with Crippen molar-refractivity contribution in [3.05, 3.63) is 34.9 Å². The number of aryl methyl sites for hydroxylation is 2. The minimum absolute atomic E-state index is 1.13. The lowest BCUT2D eigenvalue weighted by Crippen LogP contribution is -2.39. The van der Waals surface area contributed by atoms with Crippen LogP contribution in [0.2, 0.25) is 0 Å². The fourth-order valence-electron chi connectivity index (χ4n) is 4.49. The van der Waals surface area contributed by atoms with Gasteiger partial charge in [-0.25, -0.2) is 0 Å². The fourth-order valence-corrected chi connectivity index (χ4v) is 4.49. The SMILES string of the molecule is CCCCCCCCCCCC[N+](C)(C)Cc1ccc2c(c1)CCCC2. The van der Waals surface area contributed by atoms with Crippen molar-refractivity contribution in [2.75, 3.05) is 20.6 Å². The van der Waals surface area contributed by atoms with E-state index in [1.807, 2.05) is 0 Å². The van der Waals surface area contributed by atoms with Crippen LogP contribution < -0.4 is 0 Å². The lowest BCUT2D eigenvalue weighted by atomic mass is 9.90. The molecule has 1 aromatic rings. The standard InChI is InChI=1S/C25H44N/c1-4-5-6-7-8-9-10-11-12-15-20-26(2,3)22-23-18-19-24-16-13-14-17-25(24)21-23/h18-19,21H,4-17,20,22H2,1-3H3/q+1. The van der Waals surface area contributed by atoms with Gasteiger partial charge in [0.05, 0.1) is 20.6 Å². The van der Waals surface area contributed by atoms with E-state index in [2.05, 4.69) is 39.2 Å². The molecule has 0 spiro atoms. The summed E-state index contributed by atoms with van der Waals surface area (Å²) in [7, 11) is 4.82. The van der Waals surface area contributed by atoms with Crippen LogP contribution in [0.1, 0.15) is 101 Å². The average molecular weight is 359 g/mol.